The van der Waals surface area contributed by atoms with Crippen LogP contribution in [0.25, 0.3) is 27.8 Å². The van der Waals surface area contributed by atoms with Gasteiger partial charge in [0.1, 0.15) is 6.33 Å². The smallest absolute Gasteiger partial charge is 0.203 e. The largest absolute Gasteiger partial charge is 0.494 e. The van der Waals surface area contributed by atoms with Crippen molar-refractivity contribution in [3.8, 4) is 39.8 Å². The van der Waals surface area contributed by atoms with Crippen LogP contribution in [0.5, 0.6) is 23.0 Å². The highest BCUT2D eigenvalue weighted by Crippen LogP contribution is 2.40. The summed E-state index contributed by atoms with van der Waals surface area (Å²) in [6.07, 6.45) is 1.73. The molecule has 0 aliphatic carbocycles. The molecule has 3 aromatic carbocycles. The highest BCUT2D eigenvalue weighted by atomic mass is 19.1. The van der Waals surface area contributed by atoms with E-state index in [-0.39, 0.29) is 5.75 Å². The fraction of sp³-hybridized carbons (Fsp3) is 0.174. The third-order valence-corrected chi connectivity index (χ3v) is 4.96. The predicted octanol–water partition coefficient (Wildman–Crippen LogP) is 4.87. The molecule has 4 rings (SSSR count). The van der Waals surface area contributed by atoms with Crippen LogP contribution in [0.3, 0.4) is 0 Å². The Kier molecular flexibility index (Phi) is 5.18. The van der Waals surface area contributed by atoms with Crippen molar-refractivity contribution in [2.24, 2.45) is 0 Å². The first-order valence-electron chi connectivity index (χ1n) is 9.21. The number of benzene rings is 3. The molecule has 4 aromatic rings. The maximum atomic E-state index is 14.2. The number of fused-ring (bicyclic) bond motifs is 1. The number of hydrogen-bond acceptors (Lipinski definition) is 5. The fourth-order valence-electron chi connectivity index (χ4n) is 3.45. The Labute approximate surface area is 173 Å². The number of ether oxygens (including phenoxy) is 4. The van der Waals surface area contributed by atoms with Gasteiger partial charge in [0.25, 0.3) is 0 Å². The SMILES string of the molecule is COc1ccc(-c2ccc3ncn(-c4cc(OC)c(OC)c(OC)c4)c3c2)cc1F. The summed E-state index contributed by atoms with van der Waals surface area (Å²) >= 11 is 0. The first-order valence-corrected chi connectivity index (χ1v) is 9.21. The lowest BCUT2D eigenvalue weighted by atomic mass is 10.0. The molecule has 0 atom stereocenters. The molecule has 1 aromatic heterocycles. The molecule has 0 bridgehead atoms. The third kappa shape index (κ3) is 3.28. The first-order chi connectivity index (χ1) is 14.6. The Morgan fingerprint density at radius 2 is 1.37 bits per heavy atom. The van der Waals surface area contributed by atoms with Gasteiger partial charge in [-0.25, -0.2) is 9.37 Å². The van der Waals surface area contributed by atoms with Gasteiger partial charge in [0.05, 0.1) is 45.2 Å². The molecule has 0 saturated heterocycles. The van der Waals surface area contributed by atoms with Crippen LogP contribution in [-0.4, -0.2) is 38.0 Å². The molecule has 0 saturated carbocycles. The van der Waals surface area contributed by atoms with Crippen LogP contribution < -0.4 is 18.9 Å². The first kappa shape index (κ1) is 19.6. The molecule has 0 unspecified atom stereocenters. The summed E-state index contributed by atoms with van der Waals surface area (Å²) in [7, 11) is 6.15. The summed E-state index contributed by atoms with van der Waals surface area (Å²) in [5.41, 5.74) is 4.07. The minimum atomic E-state index is -0.409. The van der Waals surface area contributed by atoms with E-state index in [1.54, 1.807) is 33.7 Å². The molecule has 0 amide bonds. The van der Waals surface area contributed by atoms with Gasteiger partial charge >= 0.3 is 0 Å². The second-order valence-electron chi connectivity index (χ2n) is 6.55. The van der Waals surface area contributed by atoms with Crippen molar-refractivity contribution in [2.45, 2.75) is 0 Å². The van der Waals surface area contributed by atoms with E-state index < -0.39 is 5.82 Å². The van der Waals surface area contributed by atoms with E-state index in [9.17, 15) is 4.39 Å². The molecule has 7 heteroatoms. The van der Waals surface area contributed by atoms with Crippen molar-refractivity contribution in [3.05, 3.63) is 60.7 Å². The molecule has 1 heterocycles. The van der Waals surface area contributed by atoms with E-state index in [0.717, 1.165) is 27.8 Å². The maximum Gasteiger partial charge on any atom is 0.203 e. The molecular formula is C23H21FN2O4. The summed E-state index contributed by atoms with van der Waals surface area (Å²) in [5.74, 6) is 1.40. The lowest BCUT2D eigenvalue weighted by Crippen LogP contribution is -1.99. The summed E-state index contributed by atoms with van der Waals surface area (Å²) in [5, 5.41) is 0. The quantitative estimate of drug-likeness (QED) is 0.456. The molecule has 154 valence electrons. The van der Waals surface area contributed by atoms with Gasteiger partial charge < -0.3 is 18.9 Å². The van der Waals surface area contributed by atoms with E-state index in [1.165, 1.54) is 13.2 Å². The zero-order valence-corrected chi connectivity index (χ0v) is 17.1. The Morgan fingerprint density at radius 3 is 1.97 bits per heavy atom. The van der Waals surface area contributed by atoms with Gasteiger partial charge in [0.15, 0.2) is 23.1 Å². The number of methoxy groups -OCH3 is 4. The second-order valence-corrected chi connectivity index (χ2v) is 6.55. The summed E-state index contributed by atoms with van der Waals surface area (Å²) in [6, 6.07) is 14.4. The molecule has 0 fully saturated rings. The monoisotopic (exact) mass is 408 g/mol. The van der Waals surface area contributed by atoms with Crippen LogP contribution in [0.2, 0.25) is 0 Å². The number of halogens is 1. The number of aromatic nitrogens is 2. The third-order valence-electron chi connectivity index (χ3n) is 4.96. The lowest BCUT2D eigenvalue weighted by Gasteiger charge is -2.15. The number of rotatable bonds is 6. The van der Waals surface area contributed by atoms with Crippen molar-refractivity contribution in [2.75, 3.05) is 28.4 Å². The van der Waals surface area contributed by atoms with Crippen LogP contribution in [0.1, 0.15) is 0 Å². The number of imidazole rings is 1. The maximum absolute atomic E-state index is 14.2. The van der Waals surface area contributed by atoms with Crippen LogP contribution in [0, 0.1) is 5.82 Å². The average molecular weight is 408 g/mol. The molecule has 0 aliphatic heterocycles. The van der Waals surface area contributed by atoms with E-state index >= 15 is 0 Å². The van der Waals surface area contributed by atoms with Crippen molar-refractivity contribution >= 4 is 11.0 Å². The van der Waals surface area contributed by atoms with Gasteiger partial charge in [-0.2, -0.15) is 0 Å². The topological polar surface area (TPSA) is 54.7 Å². The Hall–Kier alpha value is -3.74. The van der Waals surface area contributed by atoms with Gasteiger partial charge in [-0.3, -0.25) is 4.57 Å². The van der Waals surface area contributed by atoms with Crippen molar-refractivity contribution < 1.29 is 23.3 Å². The minimum absolute atomic E-state index is 0.210. The Balaban J connectivity index is 1.86. The van der Waals surface area contributed by atoms with Gasteiger partial charge in [-0.05, 0) is 35.4 Å². The standard InChI is InChI=1S/C23H21FN2O4/c1-27-20-8-6-14(9-17(20)24)15-5-7-18-19(10-15)26(13-25-18)16-11-21(28-2)23(30-4)22(12-16)29-3/h5-13H,1-4H3. The second kappa shape index (κ2) is 7.94. The van der Waals surface area contributed by atoms with Crippen LogP contribution in [0.15, 0.2) is 54.9 Å². The highest BCUT2D eigenvalue weighted by molar-refractivity contribution is 5.84. The van der Waals surface area contributed by atoms with Crippen molar-refractivity contribution in [1.82, 2.24) is 9.55 Å². The molecule has 0 spiro atoms. The fourth-order valence-corrected chi connectivity index (χ4v) is 3.45. The van der Waals surface area contributed by atoms with Crippen LogP contribution in [-0.2, 0) is 0 Å². The van der Waals surface area contributed by atoms with Crippen LogP contribution in [0.4, 0.5) is 4.39 Å². The van der Waals surface area contributed by atoms with Gasteiger partial charge in [0, 0.05) is 12.1 Å². The van der Waals surface area contributed by atoms with E-state index in [4.69, 9.17) is 18.9 Å². The Morgan fingerprint density at radius 1 is 0.733 bits per heavy atom. The number of hydrogen-bond donors (Lipinski definition) is 0. The molecule has 0 N–H and O–H groups in total. The predicted molar refractivity (Wildman–Crippen MR) is 113 cm³/mol. The zero-order chi connectivity index (χ0) is 21.3. The molecule has 6 nitrogen and oxygen atoms in total. The van der Waals surface area contributed by atoms with E-state index in [2.05, 4.69) is 4.98 Å². The molecule has 0 aliphatic rings. The molecule has 30 heavy (non-hydrogen) atoms. The minimum Gasteiger partial charge on any atom is -0.494 e. The number of nitrogens with zero attached hydrogens (tertiary/aromatic N) is 2. The van der Waals surface area contributed by atoms with Gasteiger partial charge in [0.2, 0.25) is 5.75 Å². The highest BCUT2D eigenvalue weighted by Gasteiger charge is 2.16. The zero-order valence-electron chi connectivity index (χ0n) is 17.1. The Bertz CT molecular complexity index is 1190. The van der Waals surface area contributed by atoms with E-state index in [0.29, 0.717) is 17.2 Å². The van der Waals surface area contributed by atoms with Gasteiger partial charge in [-0.15, -0.1) is 0 Å². The van der Waals surface area contributed by atoms with Gasteiger partial charge in [-0.1, -0.05) is 12.1 Å². The van der Waals surface area contributed by atoms with Crippen LogP contribution >= 0.6 is 0 Å². The summed E-state index contributed by atoms with van der Waals surface area (Å²) in [4.78, 5) is 4.48. The average Bonchev–Trinajstić information content (AvgIpc) is 3.21. The normalized spacial score (nSPS) is 10.8. The van der Waals surface area contributed by atoms with Crippen molar-refractivity contribution in [1.29, 1.82) is 0 Å². The lowest BCUT2D eigenvalue weighted by molar-refractivity contribution is 0.324. The summed E-state index contributed by atoms with van der Waals surface area (Å²) in [6.45, 7) is 0. The summed E-state index contributed by atoms with van der Waals surface area (Å²) < 4.78 is 37.5. The molecule has 0 radical (unpaired) electrons. The molecular weight excluding hydrogens is 387 g/mol. The van der Waals surface area contributed by atoms with Crippen molar-refractivity contribution in [3.63, 3.8) is 0 Å². The van der Waals surface area contributed by atoms with E-state index in [1.807, 2.05) is 41.0 Å².